The Hall–Kier alpha value is -2.46. The quantitative estimate of drug-likeness (QED) is 0.490. The fraction of sp³-hybridized carbons (Fsp3) is 0.458. The molecule has 2 rings (SSSR count). The van der Waals surface area contributed by atoms with E-state index in [-0.39, 0.29) is 32.0 Å². The van der Waals surface area contributed by atoms with Gasteiger partial charge < -0.3 is 10.2 Å². The summed E-state index contributed by atoms with van der Waals surface area (Å²) >= 11 is 0. The van der Waals surface area contributed by atoms with Gasteiger partial charge in [-0.3, -0.25) is 4.90 Å². The second kappa shape index (κ2) is 12.1. The molecule has 0 saturated heterocycles. The van der Waals surface area contributed by atoms with Crippen molar-refractivity contribution in [2.24, 2.45) is 5.92 Å². The van der Waals surface area contributed by atoms with Crippen LogP contribution in [-0.4, -0.2) is 77.6 Å². The Balaban J connectivity index is 2.40. The fourth-order valence-electron chi connectivity index (χ4n) is 3.65. The number of amides is 1. The van der Waals surface area contributed by atoms with E-state index in [1.165, 1.54) is 23.3 Å². The summed E-state index contributed by atoms with van der Waals surface area (Å²) in [6.45, 7) is 3.86. The van der Waals surface area contributed by atoms with E-state index in [9.17, 15) is 23.4 Å². The summed E-state index contributed by atoms with van der Waals surface area (Å²) in [6.07, 6.45) is -2.17. The normalized spacial score (nSPS) is 13.9. The highest BCUT2D eigenvalue weighted by atomic mass is 32.2. The molecule has 8 nitrogen and oxygen atoms in total. The van der Waals surface area contributed by atoms with Crippen molar-refractivity contribution in [2.75, 3.05) is 27.2 Å². The van der Waals surface area contributed by atoms with Gasteiger partial charge in [-0.1, -0.05) is 74.5 Å². The first-order valence-corrected chi connectivity index (χ1v) is 12.3. The number of hydrogen-bond acceptors (Lipinski definition) is 4. The zero-order valence-electron chi connectivity index (χ0n) is 19.7. The molecule has 1 amide bonds. The molecule has 0 fully saturated rings. The number of rotatable bonds is 12. The van der Waals surface area contributed by atoms with Gasteiger partial charge >= 0.3 is 6.09 Å². The SMILES string of the molecule is CC(C)CN(CC(O)C(Cc1ccccc1)N(Cc1ccccc1)C(=O)O)S(=O)(=O)N(C)C. The van der Waals surface area contributed by atoms with Crippen LogP contribution in [0.5, 0.6) is 0 Å². The monoisotopic (exact) mass is 477 g/mol. The Morgan fingerprint density at radius 1 is 0.909 bits per heavy atom. The van der Waals surface area contributed by atoms with E-state index in [2.05, 4.69) is 0 Å². The summed E-state index contributed by atoms with van der Waals surface area (Å²) in [6, 6.07) is 17.6. The molecule has 0 aliphatic rings. The summed E-state index contributed by atoms with van der Waals surface area (Å²) in [5.74, 6) is 0.0272. The largest absolute Gasteiger partial charge is 0.465 e. The van der Waals surface area contributed by atoms with E-state index in [4.69, 9.17) is 0 Å². The van der Waals surface area contributed by atoms with Crippen molar-refractivity contribution in [2.45, 2.75) is 39.0 Å². The lowest BCUT2D eigenvalue weighted by molar-refractivity contribution is 0.0331. The maximum atomic E-state index is 12.9. The summed E-state index contributed by atoms with van der Waals surface area (Å²) in [5, 5.41) is 21.3. The first-order valence-electron chi connectivity index (χ1n) is 11.0. The van der Waals surface area contributed by atoms with Crippen molar-refractivity contribution >= 4 is 16.3 Å². The number of nitrogens with zero attached hydrogens (tertiary/aromatic N) is 3. The minimum absolute atomic E-state index is 0.0272. The van der Waals surface area contributed by atoms with Crippen LogP contribution in [0.25, 0.3) is 0 Å². The van der Waals surface area contributed by atoms with Gasteiger partial charge in [0.05, 0.1) is 12.1 Å². The van der Waals surface area contributed by atoms with E-state index in [1.54, 1.807) is 0 Å². The Bertz CT molecular complexity index is 968. The van der Waals surface area contributed by atoms with Gasteiger partial charge in [-0.2, -0.15) is 17.0 Å². The maximum absolute atomic E-state index is 12.9. The van der Waals surface area contributed by atoms with Crippen molar-refractivity contribution in [3.05, 3.63) is 71.8 Å². The zero-order valence-corrected chi connectivity index (χ0v) is 20.5. The van der Waals surface area contributed by atoms with Gasteiger partial charge in [-0.15, -0.1) is 0 Å². The van der Waals surface area contributed by atoms with Crippen LogP contribution in [0, 0.1) is 5.92 Å². The summed E-state index contributed by atoms with van der Waals surface area (Å²) in [5.41, 5.74) is 1.64. The second-order valence-corrected chi connectivity index (χ2v) is 10.9. The van der Waals surface area contributed by atoms with E-state index >= 15 is 0 Å². The zero-order chi connectivity index (χ0) is 24.6. The number of carbonyl (C=O) groups is 1. The van der Waals surface area contributed by atoms with Gasteiger partial charge in [0.25, 0.3) is 10.2 Å². The van der Waals surface area contributed by atoms with Crippen LogP contribution in [0.2, 0.25) is 0 Å². The van der Waals surface area contributed by atoms with Crippen molar-refractivity contribution in [3.63, 3.8) is 0 Å². The fourth-order valence-corrected chi connectivity index (χ4v) is 4.94. The number of carboxylic acid groups (broad SMARTS) is 1. The second-order valence-electron chi connectivity index (χ2n) is 8.72. The van der Waals surface area contributed by atoms with E-state index in [0.29, 0.717) is 0 Å². The molecule has 9 heteroatoms. The topological polar surface area (TPSA) is 101 Å². The van der Waals surface area contributed by atoms with Crippen molar-refractivity contribution < 1.29 is 23.4 Å². The van der Waals surface area contributed by atoms with Gasteiger partial charge in [0.15, 0.2) is 0 Å². The van der Waals surface area contributed by atoms with Crippen molar-refractivity contribution in [1.29, 1.82) is 0 Å². The van der Waals surface area contributed by atoms with Crippen LogP contribution in [0.3, 0.4) is 0 Å². The van der Waals surface area contributed by atoms with Crippen molar-refractivity contribution in [3.8, 4) is 0 Å². The Morgan fingerprint density at radius 2 is 1.42 bits per heavy atom. The van der Waals surface area contributed by atoms with Crippen LogP contribution in [0.1, 0.15) is 25.0 Å². The lowest BCUT2D eigenvalue weighted by atomic mass is 9.98. The first-order chi connectivity index (χ1) is 15.5. The number of hydrogen-bond donors (Lipinski definition) is 2. The summed E-state index contributed by atoms with van der Waals surface area (Å²) in [4.78, 5) is 13.5. The molecule has 0 radical (unpaired) electrons. The number of benzene rings is 2. The third-order valence-electron chi connectivity index (χ3n) is 5.32. The first kappa shape index (κ1) is 26.8. The molecule has 0 aliphatic heterocycles. The van der Waals surface area contributed by atoms with Crippen LogP contribution in [0.4, 0.5) is 4.79 Å². The van der Waals surface area contributed by atoms with E-state index in [0.717, 1.165) is 15.4 Å². The third-order valence-corrected chi connectivity index (χ3v) is 7.19. The number of aliphatic hydroxyl groups excluding tert-OH is 1. The molecule has 0 spiro atoms. The van der Waals surface area contributed by atoms with Gasteiger partial charge in [-0.05, 0) is 23.5 Å². The predicted octanol–water partition coefficient (Wildman–Crippen LogP) is 2.90. The molecule has 182 valence electrons. The highest BCUT2D eigenvalue weighted by Gasteiger charge is 2.35. The Morgan fingerprint density at radius 3 is 1.88 bits per heavy atom. The summed E-state index contributed by atoms with van der Waals surface area (Å²) < 4.78 is 28.1. The highest BCUT2D eigenvalue weighted by Crippen LogP contribution is 2.19. The minimum Gasteiger partial charge on any atom is -0.465 e. The molecular weight excluding hydrogens is 442 g/mol. The minimum atomic E-state index is -3.80. The summed E-state index contributed by atoms with van der Waals surface area (Å²) in [7, 11) is -0.920. The van der Waals surface area contributed by atoms with Gasteiger partial charge in [0.2, 0.25) is 0 Å². The lowest BCUT2D eigenvalue weighted by Gasteiger charge is -2.36. The van der Waals surface area contributed by atoms with E-state index in [1.807, 2.05) is 74.5 Å². The van der Waals surface area contributed by atoms with Crippen LogP contribution in [0.15, 0.2) is 60.7 Å². The van der Waals surface area contributed by atoms with Crippen LogP contribution >= 0.6 is 0 Å². The van der Waals surface area contributed by atoms with Crippen LogP contribution < -0.4 is 0 Å². The Labute approximate surface area is 197 Å². The highest BCUT2D eigenvalue weighted by molar-refractivity contribution is 7.86. The van der Waals surface area contributed by atoms with Gasteiger partial charge in [0, 0.05) is 33.7 Å². The molecule has 0 bridgehead atoms. The molecule has 2 unspecified atom stereocenters. The number of aliphatic hydroxyl groups is 1. The Kier molecular flexibility index (Phi) is 9.85. The molecule has 0 saturated carbocycles. The molecule has 33 heavy (non-hydrogen) atoms. The molecule has 2 aromatic carbocycles. The molecule has 2 atom stereocenters. The van der Waals surface area contributed by atoms with Crippen molar-refractivity contribution in [1.82, 2.24) is 13.5 Å². The lowest BCUT2D eigenvalue weighted by Crippen LogP contribution is -2.53. The van der Waals surface area contributed by atoms with Gasteiger partial charge in [-0.25, -0.2) is 4.79 Å². The molecular formula is C24H35N3O5S. The standard InChI is InChI=1S/C24H35N3O5S/c1-19(2)16-26(33(31,32)25(3)4)18-23(28)22(15-20-11-7-5-8-12-20)27(24(29)30)17-21-13-9-6-10-14-21/h5-14,19,22-23,28H,15-18H2,1-4H3,(H,29,30). The molecule has 2 aromatic rings. The predicted molar refractivity (Wildman–Crippen MR) is 129 cm³/mol. The van der Waals surface area contributed by atoms with Crippen LogP contribution in [-0.2, 0) is 23.2 Å². The van der Waals surface area contributed by atoms with E-state index < -0.39 is 28.4 Å². The average molecular weight is 478 g/mol. The third kappa shape index (κ3) is 7.82. The molecule has 0 heterocycles. The molecule has 0 aliphatic carbocycles. The maximum Gasteiger partial charge on any atom is 0.407 e. The molecule has 0 aromatic heterocycles. The molecule has 2 N–H and O–H groups in total. The average Bonchev–Trinajstić information content (AvgIpc) is 2.76. The van der Waals surface area contributed by atoms with Gasteiger partial charge in [0.1, 0.15) is 0 Å². The smallest absolute Gasteiger partial charge is 0.407 e.